The number of benzene rings is 1. The van der Waals surface area contributed by atoms with Crippen LogP contribution in [0.2, 0.25) is 0 Å². The zero-order chi connectivity index (χ0) is 28.9. The van der Waals surface area contributed by atoms with Gasteiger partial charge >= 0.3 is 5.97 Å². The summed E-state index contributed by atoms with van der Waals surface area (Å²) in [4.78, 5) is 64.9. The number of imidazole rings is 2. The van der Waals surface area contributed by atoms with Gasteiger partial charge in [0.2, 0.25) is 17.7 Å². The molecule has 8 N–H and O–H groups in total. The summed E-state index contributed by atoms with van der Waals surface area (Å²) in [7, 11) is 0. The van der Waals surface area contributed by atoms with Crippen LogP contribution < -0.4 is 21.7 Å². The number of nitrogens with two attached hydrogens (primary N) is 1. The Hall–Kier alpha value is -4.17. The van der Waals surface area contributed by atoms with Gasteiger partial charge in [-0.1, -0.05) is 30.3 Å². The second kappa shape index (κ2) is 15.4. The molecular formula is C26H34N8O5S. The van der Waals surface area contributed by atoms with E-state index in [1.807, 2.05) is 36.6 Å². The molecule has 2 aromatic heterocycles. The summed E-state index contributed by atoms with van der Waals surface area (Å²) >= 11 is 1.50. The molecule has 14 heteroatoms. The quantitative estimate of drug-likeness (QED) is 0.121. The van der Waals surface area contributed by atoms with Gasteiger partial charge in [0.25, 0.3) is 0 Å². The van der Waals surface area contributed by atoms with Gasteiger partial charge in [-0.2, -0.15) is 11.8 Å². The number of hydrogen-bond donors (Lipinski definition) is 7. The second-order valence-corrected chi connectivity index (χ2v) is 10.1. The molecule has 0 saturated heterocycles. The van der Waals surface area contributed by atoms with Crippen LogP contribution in [-0.4, -0.2) is 84.9 Å². The van der Waals surface area contributed by atoms with E-state index in [2.05, 4.69) is 35.9 Å². The molecule has 4 unspecified atom stereocenters. The zero-order valence-electron chi connectivity index (χ0n) is 22.0. The molecule has 0 aliphatic carbocycles. The predicted molar refractivity (Wildman–Crippen MR) is 149 cm³/mol. The van der Waals surface area contributed by atoms with Crippen molar-refractivity contribution in [1.82, 2.24) is 35.9 Å². The van der Waals surface area contributed by atoms with E-state index in [9.17, 15) is 24.3 Å². The van der Waals surface area contributed by atoms with E-state index in [0.717, 1.165) is 5.56 Å². The molecule has 0 aliphatic heterocycles. The fourth-order valence-corrected chi connectivity index (χ4v) is 4.40. The molecule has 214 valence electrons. The normalized spacial score (nSPS) is 13.9. The van der Waals surface area contributed by atoms with E-state index in [1.165, 1.54) is 36.8 Å². The van der Waals surface area contributed by atoms with Crippen molar-refractivity contribution in [1.29, 1.82) is 0 Å². The van der Waals surface area contributed by atoms with Crippen molar-refractivity contribution < 1.29 is 24.3 Å². The number of carboxylic acids is 1. The number of rotatable bonds is 16. The number of nitrogens with one attached hydrogen (secondary N) is 5. The average molecular weight is 571 g/mol. The molecule has 2 heterocycles. The lowest BCUT2D eigenvalue weighted by atomic mass is 10.0. The van der Waals surface area contributed by atoms with Gasteiger partial charge in [0.1, 0.15) is 18.1 Å². The highest BCUT2D eigenvalue weighted by Gasteiger charge is 2.31. The van der Waals surface area contributed by atoms with Gasteiger partial charge in [-0.25, -0.2) is 14.8 Å². The maximum Gasteiger partial charge on any atom is 0.326 e. The summed E-state index contributed by atoms with van der Waals surface area (Å²) < 4.78 is 0. The largest absolute Gasteiger partial charge is 0.480 e. The summed E-state index contributed by atoms with van der Waals surface area (Å²) in [6.07, 6.45) is 8.26. The van der Waals surface area contributed by atoms with Gasteiger partial charge in [-0.05, 0) is 30.4 Å². The van der Waals surface area contributed by atoms with Gasteiger partial charge in [0.15, 0.2) is 0 Å². The number of H-pyrrole nitrogens is 2. The smallest absolute Gasteiger partial charge is 0.326 e. The number of carbonyl (C=O) groups is 4. The first-order chi connectivity index (χ1) is 19.3. The highest BCUT2D eigenvalue weighted by Crippen LogP contribution is 2.07. The molecule has 13 nitrogen and oxygen atoms in total. The number of hydrogen-bond acceptors (Lipinski definition) is 8. The number of amides is 3. The van der Waals surface area contributed by atoms with Gasteiger partial charge in [-0.3, -0.25) is 14.4 Å². The predicted octanol–water partition coefficient (Wildman–Crippen LogP) is -0.220. The SMILES string of the molecule is CSCCC(NC(=O)C(N)Cc1ccccc1)C(=O)NC(Cc1cnc[nH]1)C(=O)NC(Cc1cnc[nH]1)C(=O)O. The van der Waals surface area contributed by atoms with E-state index in [0.29, 0.717) is 30.0 Å². The van der Waals surface area contributed by atoms with Gasteiger partial charge in [-0.15, -0.1) is 0 Å². The van der Waals surface area contributed by atoms with Gasteiger partial charge in [0.05, 0.1) is 18.7 Å². The number of aromatic nitrogens is 4. The molecule has 3 aromatic rings. The second-order valence-electron chi connectivity index (χ2n) is 9.16. The Morgan fingerprint density at radius 1 is 0.850 bits per heavy atom. The van der Waals surface area contributed by atoms with Crippen molar-refractivity contribution >= 4 is 35.5 Å². The maximum atomic E-state index is 13.4. The van der Waals surface area contributed by atoms with Crippen LogP contribution in [-0.2, 0) is 38.4 Å². The lowest BCUT2D eigenvalue weighted by Crippen LogP contribution is -2.58. The van der Waals surface area contributed by atoms with Crippen LogP contribution in [0.15, 0.2) is 55.4 Å². The first-order valence-corrected chi connectivity index (χ1v) is 14.0. The maximum absolute atomic E-state index is 13.4. The first kappa shape index (κ1) is 30.4. The third kappa shape index (κ3) is 9.54. The van der Waals surface area contributed by atoms with Crippen LogP contribution >= 0.6 is 11.8 Å². The molecule has 0 bridgehead atoms. The third-order valence-corrected chi connectivity index (χ3v) is 6.73. The summed E-state index contributed by atoms with van der Waals surface area (Å²) in [5, 5.41) is 17.6. The van der Waals surface area contributed by atoms with Crippen LogP contribution in [0.4, 0.5) is 0 Å². The van der Waals surface area contributed by atoms with Crippen molar-refractivity contribution in [3.63, 3.8) is 0 Å². The van der Waals surface area contributed by atoms with Gasteiger partial charge in [0, 0.05) is 36.6 Å². The summed E-state index contributed by atoms with van der Waals surface area (Å²) in [5.74, 6) is -2.47. The zero-order valence-corrected chi connectivity index (χ0v) is 22.8. The Bertz CT molecular complexity index is 1220. The lowest BCUT2D eigenvalue weighted by molar-refractivity contribution is -0.142. The number of carbonyl (C=O) groups excluding carboxylic acids is 3. The van der Waals surface area contributed by atoms with E-state index in [-0.39, 0.29) is 12.8 Å². The Balaban J connectivity index is 1.71. The average Bonchev–Trinajstić information content (AvgIpc) is 3.65. The number of aliphatic carboxylic acids is 1. The number of carboxylic acid groups (broad SMARTS) is 1. The van der Waals surface area contributed by atoms with Crippen LogP contribution in [0.1, 0.15) is 23.4 Å². The van der Waals surface area contributed by atoms with Crippen molar-refractivity contribution in [3.8, 4) is 0 Å². The molecule has 1 aromatic carbocycles. The highest BCUT2D eigenvalue weighted by atomic mass is 32.2. The van der Waals surface area contributed by atoms with Crippen molar-refractivity contribution in [2.45, 2.75) is 49.9 Å². The van der Waals surface area contributed by atoms with Crippen molar-refractivity contribution in [3.05, 3.63) is 72.3 Å². The summed E-state index contributed by atoms with van der Waals surface area (Å²) in [6.45, 7) is 0. The third-order valence-electron chi connectivity index (χ3n) is 6.08. The Morgan fingerprint density at radius 3 is 1.95 bits per heavy atom. The van der Waals surface area contributed by atoms with E-state index < -0.39 is 47.9 Å². The minimum Gasteiger partial charge on any atom is -0.480 e. The minimum absolute atomic E-state index is 0.0185. The molecular weight excluding hydrogens is 536 g/mol. The number of thioether (sulfide) groups is 1. The molecule has 0 saturated carbocycles. The van der Waals surface area contributed by atoms with E-state index >= 15 is 0 Å². The molecule has 0 spiro atoms. The topological polar surface area (TPSA) is 208 Å². The lowest BCUT2D eigenvalue weighted by Gasteiger charge is -2.25. The van der Waals surface area contributed by atoms with E-state index in [4.69, 9.17) is 5.73 Å². The van der Waals surface area contributed by atoms with Crippen LogP contribution in [0.3, 0.4) is 0 Å². The van der Waals surface area contributed by atoms with Crippen LogP contribution in [0.5, 0.6) is 0 Å². The number of aromatic amines is 2. The van der Waals surface area contributed by atoms with Gasteiger partial charge < -0.3 is 36.8 Å². The minimum atomic E-state index is -1.27. The number of nitrogens with zero attached hydrogens (tertiary/aromatic N) is 2. The Kier molecular flexibility index (Phi) is 11.7. The first-order valence-electron chi connectivity index (χ1n) is 12.6. The molecule has 3 rings (SSSR count). The Labute approximate surface area is 235 Å². The molecule has 0 aliphatic rings. The fraction of sp³-hybridized carbons (Fsp3) is 0.385. The monoisotopic (exact) mass is 570 g/mol. The van der Waals surface area contributed by atoms with Crippen LogP contribution in [0, 0.1) is 0 Å². The molecule has 0 fully saturated rings. The molecule has 3 amide bonds. The van der Waals surface area contributed by atoms with E-state index in [1.54, 1.807) is 0 Å². The molecule has 0 radical (unpaired) electrons. The summed E-state index contributed by atoms with van der Waals surface area (Å²) in [6, 6.07) is 5.03. The van der Waals surface area contributed by atoms with Crippen LogP contribution in [0.25, 0.3) is 0 Å². The van der Waals surface area contributed by atoms with Crippen molar-refractivity contribution in [2.75, 3.05) is 12.0 Å². The molecule has 4 atom stereocenters. The summed E-state index contributed by atoms with van der Waals surface area (Å²) in [5.41, 5.74) is 8.08. The van der Waals surface area contributed by atoms with Crippen molar-refractivity contribution in [2.24, 2.45) is 5.73 Å². The fourth-order valence-electron chi connectivity index (χ4n) is 3.93. The standard InChI is InChI=1S/C26H34N8O5S/c1-40-8-7-20(32-23(35)19(27)9-16-5-3-2-4-6-16)24(36)33-21(10-17-12-28-14-30-17)25(37)34-22(26(38)39)11-18-13-29-15-31-18/h2-6,12-15,19-22H,7-11,27H2,1H3,(H,28,30)(H,29,31)(H,32,35)(H,33,36)(H,34,37)(H,38,39). The Morgan fingerprint density at radius 2 is 1.40 bits per heavy atom. The highest BCUT2D eigenvalue weighted by molar-refractivity contribution is 7.98. The molecule has 40 heavy (non-hydrogen) atoms.